The highest BCUT2D eigenvalue weighted by atomic mass is 35.5. The van der Waals surface area contributed by atoms with Gasteiger partial charge in [0.1, 0.15) is 6.10 Å². The third kappa shape index (κ3) is 4.79. The van der Waals surface area contributed by atoms with Gasteiger partial charge in [0, 0.05) is 12.7 Å². The van der Waals surface area contributed by atoms with E-state index in [0.717, 1.165) is 11.8 Å². The average molecular weight is 319 g/mol. The summed E-state index contributed by atoms with van der Waals surface area (Å²) in [6.07, 6.45) is -1.99. The van der Waals surface area contributed by atoms with Crippen molar-refractivity contribution in [1.29, 1.82) is 0 Å². The fourth-order valence-corrected chi connectivity index (χ4v) is 2.51. The third-order valence-electron chi connectivity index (χ3n) is 2.65. The SMILES string of the molecule is CC(=O)SCCC(O)C(O)c1ccc(C(=O)O)c(Cl)c1. The summed E-state index contributed by atoms with van der Waals surface area (Å²) < 4.78 is 0. The summed E-state index contributed by atoms with van der Waals surface area (Å²) in [5, 5.41) is 28.6. The number of hydrogen-bond donors (Lipinski definition) is 3. The zero-order chi connectivity index (χ0) is 15.3. The van der Waals surface area contributed by atoms with Gasteiger partial charge in [0.15, 0.2) is 5.12 Å². The number of hydrogen-bond acceptors (Lipinski definition) is 5. The number of aliphatic hydroxyl groups is 2. The zero-order valence-corrected chi connectivity index (χ0v) is 12.3. The molecular formula is C13H15ClO5S. The molecule has 7 heteroatoms. The van der Waals surface area contributed by atoms with Gasteiger partial charge in [-0.15, -0.1) is 0 Å². The van der Waals surface area contributed by atoms with Gasteiger partial charge in [-0.25, -0.2) is 4.79 Å². The van der Waals surface area contributed by atoms with Crippen molar-refractivity contribution in [1.82, 2.24) is 0 Å². The number of aliphatic hydroxyl groups excluding tert-OH is 2. The quantitative estimate of drug-likeness (QED) is 0.743. The summed E-state index contributed by atoms with van der Waals surface area (Å²) in [4.78, 5) is 21.6. The van der Waals surface area contributed by atoms with E-state index in [4.69, 9.17) is 16.7 Å². The molecule has 1 aromatic carbocycles. The van der Waals surface area contributed by atoms with Crippen molar-refractivity contribution in [3.8, 4) is 0 Å². The van der Waals surface area contributed by atoms with Crippen LogP contribution in [0.5, 0.6) is 0 Å². The van der Waals surface area contributed by atoms with Crippen LogP contribution in [0.1, 0.15) is 35.4 Å². The second-order valence-electron chi connectivity index (χ2n) is 4.19. The first-order valence-corrected chi connectivity index (χ1v) is 7.21. The molecule has 20 heavy (non-hydrogen) atoms. The molecule has 0 heterocycles. The zero-order valence-electron chi connectivity index (χ0n) is 10.7. The van der Waals surface area contributed by atoms with E-state index in [0.29, 0.717) is 11.3 Å². The molecule has 110 valence electrons. The lowest BCUT2D eigenvalue weighted by molar-refractivity contribution is -0.109. The number of benzene rings is 1. The molecule has 0 saturated heterocycles. The minimum atomic E-state index is -1.18. The Balaban J connectivity index is 2.71. The van der Waals surface area contributed by atoms with Crippen molar-refractivity contribution >= 4 is 34.4 Å². The minimum Gasteiger partial charge on any atom is -0.478 e. The number of carbonyl (C=O) groups excluding carboxylic acids is 1. The number of carboxylic acid groups (broad SMARTS) is 1. The first-order valence-electron chi connectivity index (χ1n) is 5.85. The van der Waals surface area contributed by atoms with Crippen LogP contribution >= 0.6 is 23.4 Å². The first kappa shape index (κ1) is 17.0. The summed E-state index contributed by atoms with van der Waals surface area (Å²) in [6.45, 7) is 1.43. The molecule has 0 amide bonds. The standard InChI is InChI=1S/C13H15ClO5S/c1-7(15)20-5-4-11(16)12(17)8-2-3-9(13(18)19)10(14)6-8/h2-3,6,11-12,16-17H,4-5H2,1H3,(H,18,19). The number of rotatable bonds is 6. The van der Waals surface area contributed by atoms with Crippen LogP contribution in [0, 0.1) is 0 Å². The van der Waals surface area contributed by atoms with E-state index in [2.05, 4.69) is 0 Å². The highest BCUT2D eigenvalue weighted by molar-refractivity contribution is 8.13. The van der Waals surface area contributed by atoms with E-state index >= 15 is 0 Å². The normalized spacial score (nSPS) is 13.8. The Hall–Kier alpha value is -1.08. The number of halogens is 1. The summed E-state index contributed by atoms with van der Waals surface area (Å²) in [5.41, 5.74) is 0.268. The number of aromatic carboxylic acids is 1. The molecule has 5 nitrogen and oxygen atoms in total. The second-order valence-corrected chi connectivity index (χ2v) is 5.86. The number of carbonyl (C=O) groups is 2. The van der Waals surface area contributed by atoms with Crippen LogP contribution in [0.3, 0.4) is 0 Å². The van der Waals surface area contributed by atoms with Crippen molar-refractivity contribution in [3.63, 3.8) is 0 Å². The van der Waals surface area contributed by atoms with Gasteiger partial charge in [0.05, 0.1) is 16.7 Å². The van der Waals surface area contributed by atoms with Crippen molar-refractivity contribution in [2.45, 2.75) is 25.6 Å². The molecule has 1 rings (SSSR count). The van der Waals surface area contributed by atoms with Crippen LogP contribution in [0.15, 0.2) is 18.2 Å². The Kier molecular flexibility index (Phi) is 6.48. The lowest BCUT2D eigenvalue weighted by Crippen LogP contribution is -2.19. The Bertz CT molecular complexity index is 506. The molecule has 0 aromatic heterocycles. The van der Waals surface area contributed by atoms with E-state index in [-0.39, 0.29) is 22.1 Å². The predicted octanol–water partition coefficient (Wildman–Crippen LogP) is 2.10. The van der Waals surface area contributed by atoms with Crippen LogP contribution in [0.2, 0.25) is 5.02 Å². The van der Waals surface area contributed by atoms with Gasteiger partial charge in [0.25, 0.3) is 0 Å². The minimum absolute atomic E-state index is 0.000592. The topological polar surface area (TPSA) is 94.8 Å². The van der Waals surface area contributed by atoms with Gasteiger partial charge >= 0.3 is 5.97 Å². The van der Waals surface area contributed by atoms with Crippen LogP contribution in [-0.4, -0.2) is 38.3 Å². The lowest BCUT2D eigenvalue weighted by Gasteiger charge is -2.18. The lowest BCUT2D eigenvalue weighted by atomic mass is 10.0. The number of carboxylic acids is 1. The van der Waals surface area contributed by atoms with Gasteiger partial charge in [-0.1, -0.05) is 29.4 Å². The molecule has 0 spiro atoms. The Morgan fingerprint density at radius 2 is 2.00 bits per heavy atom. The highest BCUT2D eigenvalue weighted by Gasteiger charge is 2.20. The van der Waals surface area contributed by atoms with Crippen molar-refractivity contribution in [2.75, 3.05) is 5.75 Å². The molecule has 2 atom stereocenters. The molecule has 0 bridgehead atoms. The Morgan fingerprint density at radius 3 is 2.50 bits per heavy atom. The van der Waals surface area contributed by atoms with E-state index in [9.17, 15) is 19.8 Å². The Labute approximate surface area is 125 Å². The van der Waals surface area contributed by atoms with E-state index in [1.165, 1.54) is 25.1 Å². The van der Waals surface area contributed by atoms with Crippen molar-refractivity contribution < 1.29 is 24.9 Å². The molecule has 0 saturated carbocycles. The van der Waals surface area contributed by atoms with Gasteiger partial charge in [-0.3, -0.25) is 4.79 Å². The molecule has 0 aliphatic carbocycles. The van der Waals surface area contributed by atoms with E-state index in [1.807, 2.05) is 0 Å². The molecule has 0 fully saturated rings. The van der Waals surface area contributed by atoms with Crippen LogP contribution in [0.25, 0.3) is 0 Å². The smallest absolute Gasteiger partial charge is 0.337 e. The average Bonchev–Trinajstić information content (AvgIpc) is 2.36. The largest absolute Gasteiger partial charge is 0.478 e. The summed E-state index contributed by atoms with van der Waals surface area (Å²) in [6, 6.07) is 4.00. The van der Waals surface area contributed by atoms with Gasteiger partial charge in [0.2, 0.25) is 0 Å². The molecule has 0 aliphatic rings. The second kappa shape index (κ2) is 7.64. The van der Waals surface area contributed by atoms with Crippen LogP contribution in [0.4, 0.5) is 0 Å². The van der Waals surface area contributed by atoms with Gasteiger partial charge in [-0.2, -0.15) is 0 Å². The molecule has 0 aliphatic heterocycles. The maximum atomic E-state index is 10.8. The molecule has 2 unspecified atom stereocenters. The maximum Gasteiger partial charge on any atom is 0.337 e. The van der Waals surface area contributed by atoms with E-state index in [1.54, 1.807) is 0 Å². The molecule has 0 radical (unpaired) electrons. The maximum absolute atomic E-state index is 10.8. The summed E-state index contributed by atoms with van der Waals surface area (Å²) in [5.74, 6) is -0.761. The molecule has 1 aromatic rings. The highest BCUT2D eigenvalue weighted by Crippen LogP contribution is 2.25. The van der Waals surface area contributed by atoms with E-state index < -0.39 is 18.2 Å². The summed E-state index contributed by atoms with van der Waals surface area (Å²) >= 11 is 6.86. The number of thioether (sulfide) groups is 1. The molecular weight excluding hydrogens is 304 g/mol. The van der Waals surface area contributed by atoms with Crippen molar-refractivity contribution in [3.05, 3.63) is 34.3 Å². The third-order valence-corrected chi connectivity index (χ3v) is 3.81. The predicted molar refractivity (Wildman–Crippen MR) is 77.1 cm³/mol. The monoisotopic (exact) mass is 318 g/mol. The fourth-order valence-electron chi connectivity index (χ4n) is 1.59. The van der Waals surface area contributed by atoms with Crippen LogP contribution in [-0.2, 0) is 4.79 Å². The first-order chi connectivity index (χ1) is 9.32. The van der Waals surface area contributed by atoms with Crippen molar-refractivity contribution in [2.24, 2.45) is 0 Å². The van der Waals surface area contributed by atoms with Gasteiger partial charge in [-0.05, 0) is 24.1 Å². The van der Waals surface area contributed by atoms with Gasteiger partial charge < -0.3 is 15.3 Å². The molecule has 3 N–H and O–H groups in total. The Morgan fingerprint density at radius 1 is 1.35 bits per heavy atom. The summed E-state index contributed by atoms with van der Waals surface area (Å²) in [7, 11) is 0. The fraction of sp³-hybridized carbons (Fsp3) is 0.385. The van der Waals surface area contributed by atoms with Crippen LogP contribution < -0.4 is 0 Å².